The minimum absolute atomic E-state index is 0.0498. The molecule has 0 aliphatic heterocycles. The van der Waals surface area contributed by atoms with Crippen molar-refractivity contribution in [3.63, 3.8) is 0 Å². The first kappa shape index (κ1) is 17.5. The number of halogens is 2. The Balaban J connectivity index is 1.82. The number of hydrogen-bond acceptors (Lipinski definition) is 4. The van der Waals surface area contributed by atoms with Crippen molar-refractivity contribution < 1.29 is 9.53 Å². The molecule has 2 heterocycles. The molecule has 0 amide bonds. The Morgan fingerprint density at radius 1 is 1.16 bits per heavy atom. The summed E-state index contributed by atoms with van der Waals surface area (Å²) in [5.74, 6) is -0.0990. The topological polar surface area (TPSA) is 57.0 Å². The van der Waals surface area contributed by atoms with Gasteiger partial charge in [-0.15, -0.1) is 0 Å². The number of aromatic nitrogens is 3. The van der Waals surface area contributed by atoms with Gasteiger partial charge in [0.25, 0.3) is 0 Å². The maximum absolute atomic E-state index is 12.4. The Morgan fingerprint density at radius 2 is 1.96 bits per heavy atom. The second kappa shape index (κ2) is 7.25. The number of ether oxygens (including phenoxy) is 1. The maximum atomic E-state index is 12.4. The van der Waals surface area contributed by atoms with Crippen molar-refractivity contribution in [2.75, 3.05) is 0 Å². The van der Waals surface area contributed by atoms with Crippen molar-refractivity contribution in [3.05, 3.63) is 75.2 Å². The number of rotatable bonds is 4. The van der Waals surface area contributed by atoms with Crippen LogP contribution in [0, 0.1) is 13.8 Å². The summed E-state index contributed by atoms with van der Waals surface area (Å²) in [5.41, 5.74) is 2.60. The average molecular weight is 376 g/mol. The van der Waals surface area contributed by atoms with Crippen LogP contribution in [0.5, 0.6) is 0 Å². The van der Waals surface area contributed by atoms with Gasteiger partial charge >= 0.3 is 5.97 Å². The third kappa shape index (κ3) is 4.00. The monoisotopic (exact) mass is 375 g/mol. The maximum Gasteiger partial charge on any atom is 0.358 e. The van der Waals surface area contributed by atoms with Gasteiger partial charge in [-0.25, -0.2) is 14.5 Å². The highest BCUT2D eigenvalue weighted by Crippen LogP contribution is 2.19. The Kier molecular flexibility index (Phi) is 5.06. The van der Waals surface area contributed by atoms with E-state index in [0.717, 1.165) is 17.0 Å². The van der Waals surface area contributed by atoms with Crippen LogP contribution in [0.3, 0.4) is 0 Å². The fourth-order valence-corrected chi connectivity index (χ4v) is 2.79. The fraction of sp³-hybridized carbons (Fsp3) is 0.167. The number of carbonyl (C=O) groups is 1. The highest BCUT2D eigenvalue weighted by Gasteiger charge is 2.17. The minimum Gasteiger partial charge on any atom is -0.456 e. The van der Waals surface area contributed by atoms with Crippen molar-refractivity contribution in [1.29, 1.82) is 0 Å². The first-order valence-electron chi connectivity index (χ1n) is 7.56. The van der Waals surface area contributed by atoms with Gasteiger partial charge in [-0.05, 0) is 49.7 Å². The SMILES string of the molecule is Cc1cc(C)n(-c2ccc(Cl)c(C(=O)OCc3cccc(Cl)c3)n2)n1. The molecule has 5 nitrogen and oxygen atoms in total. The smallest absolute Gasteiger partial charge is 0.358 e. The Labute approximate surface area is 155 Å². The molecule has 128 valence electrons. The highest BCUT2D eigenvalue weighted by molar-refractivity contribution is 6.33. The van der Waals surface area contributed by atoms with E-state index in [1.165, 1.54) is 0 Å². The molecule has 3 aromatic rings. The zero-order valence-corrected chi connectivity index (χ0v) is 15.2. The largest absolute Gasteiger partial charge is 0.456 e. The summed E-state index contributed by atoms with van der Waals surface area (Å²) in [6.07, 6.45) is 0. The first-order valence-corrected chi connectivity index (χ1v) is 8.31. The summed E-state index contributed by atoms with van der Waals surface area (Å²) in [4.78, 5) is 16.7. The van der Waals surface area contributed by atoms with Crippen LogP contribution in [0.2, 0.25) is 10.0 Å². The minimum atomic E-state index is -0.603. The molecule has 0 saturated carbocycles. The second-order valence-electron chi connectivity index (χ2n) is 5.54. The lowest BCUT2D eigenvalue weighted by Crippen LogP contribution is -2.11. The van der Waals surface area contributed by atoms with Crippen LogP contribution in [-0.2, 0) is 11.3 Å². The fourth-order valence-electron chi connectivity index (χ4n) is 2.40. The lowest BCUT2D eigenvalue weighted by Gasteiger charge is -2.09. The molecule has 0 atom stereocenters. The van der Waals surface area contributed by atoms with Gasteiger partial charge in [-0.1, -0.05) is 35.3 Å². The number of aryl methyl sites for hydroxylation is 2. The summed E-state index contributed by atoms with van der Waals surface area (Å²) in [6.45, 7) is 3.88. The third-order valence-corrected chi connectivity index (χ3v) is 4.05. The molecule has 0 aliphatic carbocycles. The molecule has 0 spiro atoms. The number of pyridine rings is 1. The third-order valence-electron chi connectivity index (χ3n) is 3.51. The molecule has 0 radical (unpaired) electrons. The van der Waals surface area contributed by atoms with E-state index in [1.807, 2.05) is 26.0 Å². The van der Waals surface area contributed by atoms with Gasteiger partial charge in [0.05, 0.1) is 10.7 Å². The Hall–Kier alpha value is -2.37. The van der Waals surface area contributed by atoms with Crippen LogP contribution in [0.25, 0.3) is 5.82 Å². The molecule has 0 N–H and O–H groups in total. The van der Waals surface area contributed by atoms with Gasteiger partial charge in [0, 0.05) is 10.7 Å². The number of nitrogens with zero attached hydrogens (tertiary/aromatic N) is 3. The van der Waals surface area contributed by atoms with E-state index in [9.17, 15) is 4.79 Å². The van der Waals surface area contributed by atoms with E-state index in [2.05, 4.69) is 10.1 Å². The number of hydrogen-bond donors (Lipinski definition) is 0. The van der Waals surface area contributed by atoms with E-state index in [-0.39, 0.29) is 17.3 Å². The normalized spacial score (nSPS) is 10.7. The van der Waals surface area contributed by atoms with Crippen LogP contribution < -0.4 is 0 Å². The molecule has 3 rings (SSSR count). The highest BCUT2D eigenvalue weighted by atomic mass is 35.5. The van der Waals surface area contributed by atoms with Crippen LogP contribution in [0.15, 0.2) is 42.5 Å². The molecule has 7 heteroatoms. The molecule has 1 aromatic carbocycles. The Morgan fingerprint density at radius 3 is 2.64 bits per heavy atom. The van der Waals surface area contributed by atoms with Crippen LogP contribution in [0.1, 0.15) is 27.4 Å². The van der Waals surface area contributed by atoms with Gasteiger partial charge in [-0.3, -0.25) is 0 Å². The van der Waals surface area contributed by atoms with Crippen molar-refractivity contribution in [1.82, 2.24) is 14.8 Å². The lowest BCUT2D eigenvalue weighted by atomic mass is 10.2. The van der Waals surface area contributed by atoms with Crippen molar-refractivity contribution in [2.24, 2.45) is 0 Å². The van der Waals surface area contributed by atoms with E-state index in [1.54, 1.807) is 35.0 Å². The molecule has 0 unspecified atom stereocenters. The average Bonchev–Trinajstić information content (AvgIpc) is 2.91. The van der Waals surface area contributed by atoms with E-state index in [4.69, 9.17) is 27.9 Å². The van der Waals surface area contributed by atoms with Gasteiger partial charge < -0.3 is 4.74 Å². The summed E-state index contributed by atoms with van der Waals surface area (Å²) in [7, 11) is 0. The van der Waals surface area contributed by atoms with Gasteiger partial charge in [0.15, 0.2) is 11.5 Å². The molecular formula is C18H15Cl2N3O2. The summed E-state index contributed by atoms with van der Waals surface area (Å²) in [5, 5.41) is 5.16. The van der Waals surface area contributed by atoms with Gasteiger partial charge in [-0.2, -0.15) is 5.10 Å². The standard InChI is InChI=1S/C18H15Cl2N3O2/c1-11-8-12(2)23(22-11)16-7-6-15(20)17(21-16)18(24)25-10-13-4-3-5-14(19)9-13/h3-9H,10H2,1-2H3. The van der Waals surface area contributed by atoms with Crippen LogP contribution in [-0.4, -0.2) is 20.7 Å². The number of benzene rings is 1. The van der Waals surface area contributed by atoms with Gasteiger partial charge in [0.1, 0.15) is 6.61 Å². The Bertz CT molecular complexity index is 938. The van der Waals surface area contributed by atoms with Crippen molar-refractivity contribution in [2.45, 2.75) is 20.5 Å². The first-order chi connectivity index (χ1) is 11.9. The molecule has 0 bridgehead atoms. The zero-order chi connectivity index (χ0) is 18.0. The van der Waals surface area contributed by atoms with Crippen LogP contribution >= 0.6 is 23.2 Å². The van der Waals surface area contributed by atoms with Crippen molar-refractivity contribution >= 4 is 29.2 Å². The quantitative estimate of drug-likeness (QED) is 0.627. The van der Waals surface area contributed by atoms with Crippen molar-refractivity contribution in [3.8, 4) is 5.82 Å². The molecule has 0 aliphatic rings. The lowest BCUT2D eigenvalue weighted by molar-refractivity contribution is 0.0466. The predicted octanol–water partition coefficient (Wildman–Crippen LogP) is 4.55. The van der Waals surface area contributed by atoms with E-state index < -0.39 is 5.97 Å². The summed E-state index contributed by atoms with van der Waals surface area (Å²) >= 11 is 12.0. The summed E-state index contributed by atoms with van der Waals surface area (Å²) < 4.78 is 6.95. The second-order valence-corrected chi connectivity index (χ2v) is 6.39. The van der Waals surface area contributed by atoms with Gasteiger partial charge in [0.2, 0.25) is 0 Å². The van der Waals surface area contributed by atoms with Crippen LogP contribution in [0.4, 0.5) is 0 Å². The molecule has 0 fully saturated rings. The molecule has 2 aromatic heterocycles. The molecular weight excluding hydrogens is 361 g/mol. The van der Waals surface area contributed by atoms with E-state index >= 15 is 0 Å². The zero-order valence-electron chi connectivity index (χ0n) is 13.7. The predicted molar refractivity (Wildman–Crippen MR) is 96.4 cm³/mol. The number of carbonyl (C=O) groups excluding carboxylic acids is 1. The number of esters is 1. The summed E-state index contributed by atoms with van der Waals surface area (Å²) in [6, 6.07) is 12.3. The molecule has 25 heavy (non-hydrogen) atoms. The molecule has 0 saturated heterocycles. The van der Waals surface area contributed by atoms with E-state index in [0.29, 0.717) is 10.8 Å².